The van der Waals surface area contributed by atoms with E-state index in [1.807, 2.05) is 0 Å². The average Bonchev–Trinajstić information content (AvgIpc) is 2.27. The smallest absolute Gasteiger partial charge is 0.193 e. The summed E-state index contributed by atoms with van der Waals surface area (Å²) in [4.78, 5) is 0. The van der Waals surface area contributed by atoms with Crippen LogP contribution in [0.5, 0.6) is 0 Å². The number of hydrogen-bond donors (Lipinski definition) is 0. The fourth-order valence-electron chi connectivity index (χ4n) is 2.89. The van der Waals surface area contributed by atoms with Crippen LogP contribution >= 0.6 is 11.8 Å². The molecule has 1 aliphatic carbocycles. The van der Waals surface area contributed by atoms with Gasteiger partial charge >= 0.3 is 0 Å². The van der Waals surface area contributed by atoms with Crippen molar-refractivity contribution in [2.24, 2.45) is 5.92 Å². The van der Waals surface area contributed by atoms with E-state index < -0.39 is 8.32 Å². The summed E-state index contributed by atoms with van der Waals surface area (Å²) in [6, 6.07) is 0. The molecule has 1 aliphatic heterocycles. The van der Waals surface area contributed by atoms with Gasteiger partial charge in [0.1, 0.15) is 0 Å². The highest BCUT2D eigenvalue weighted by Gasteiger charge is 2.41. The largest absolute Gasteiger partial charge is 0.405 e. The number of hydrogen-bond acceptors (Lipinski definition) is 2. The second-order valence-corrected chi connectivity index (χ2v) is 13.8. The van der Waals surface area contributed by atoms with Gasteiger partial charge in [-0.25, -0.2) is 0 Å². The molecule has 0 aromatic heterocycles. The summed E-state index contributed by atoms with van der Waals surface area (Å²) in [5.74, 6) is 1.00. The van der Waals surface area contributed by atoms with E-state index in [9.17, 15) is 0 Å². The molecule has 0 amide bonds. The van der Waals surface area contributed by atoms with Crippen LogP contribution in [0.25, 0.3) is 0 Å². The Bertz CT molecular complexity index is 285. The van der Waals surface area contributed by atoms with Crippen LogP contribution in [0.3, 0.4) is 0 Å². The van der Waals surface area contributed by atoms with Crippen LogP contribution in [0, 0.1) is 5.92 Å². The molecule has 0 radical (unpaired) electrons. The molecule has 1 heterocycles. The lowest BCUT2D eigenvalue weighted by molar-refractivity contribution is 0.211. The Labute approximate surface area is 119 Å². The summed E-state index contributed by atoms with van der Waals surface area (Å²) in [6.45, 7) is 11.8. The first kappa shape index (κ1) is 14.9. The van der Waals surface area contributed by atoms with E-state index in [1.54, 1.807) is 0 Å². The molecule has 0 bridgehead atoms. The monoisotopic (exact) mass is 286 g/mol. The van der Waals surface area contributed by atoms with Crippen LogP contribution in [0.2, 0.25) is 18.1 Å². The van der Waals surface area contributed by atoms with Crippen molar-refractivity contribution in [2.75, 3.05) is 0 Å². The predicted molar refractivity (Wildman–Crippen MR) is 84.6 cm³/mol. The zero-order chi connectivity index (χ0) is 13.4. The lowest BCUT2D eigenvalue weighted by Crippen LogP contribution is -2.45. The highest BCUT2D eigenvalue weighted by atomic mass is 32.2. The first-order chi connectivity index (χ1) is 8.29. The van der Waals surface area contributed by atoms with Crippen LogP contribution < -0.4 is 0 Å². The molecule has 0 aromatic carbocycles. The van der Waals surface area contributed by atoms with E-state index >= 15 is 0 Å². The fraction of sp³-hybridized carbons (Fsp3) is 1.00. The van der Waals surface area contributed by atoms with Crippen molar-refractivity contribution in [1.29, 1.82) is 0 Å². The topological polar surface area (TPSA) is 9.23 Å². The molecule has 18 heavy (non-hydrogen) atoms. The minimum Gasteiger partial charge on any atom is -0.405 e. The summed E-state index contributed by atoms with van der Waals surface area (Å²) in [7, 11) is -1.57. The van der Waals surface area contributed by atoms with Gasteiger partial charge in [0.05, 0.1) is 5.44 Å². The second-order valence-electron chi connectivity index (χ2n) is 7.60. The van der Waals surface area contributed by atoms with Crippen LogP contribution in [0.4, 0.5) is 0 Å². The Morgan fingerprint density at radius 1 is 1.00 bits per heavy atom. The number of rotatable bonds is 2. The normalized spacial score (nSPS) is 34.2. The van der Waals surface area contributed by atoms with Crippen molar-refractivity contribution in [1.82, 2.24) is 0 Å². The second kappa shape index (κ2) is 5.49. The molecule has 2 rings (SSSR count). The Kier molecular flexibility index (Phi) is 4.55. The van der Waals surface area contributed by atoms with Crippen molar-refractivity contribution >= 4 is 20.1 Å². The average molecular weight is 287 g/mol. The third kappa shape index (κ3) is 3.34. The maximum absolute atomic E-state index is 6.59. The summed E-state index contributed by atoms with van der Waals surface area (Å²) in [5.41, 5.74) is 0.491. The van der Waals surface area contributed by atoms with Crippen molar-refractivity contribution in [3.63, 3.8) is 0 Å². The van der Waals surface area contributed by atoms with Crippen molar-refractivity contribution in [3.8, 4) is 0 Å². The Hall–Kier alpha value is 0.527. The molecular weight excluding hydrogens is 256 g/mol. The van der Waals surface area contributed by atoms with Gasteiger partial charge in [-0.2, -0.15) is 0 Å². The minimum absolute atomic E-state index is 0.344. The van der Waals surface area contributed by atoms with Gasteiger partial charge < -0.3 is 4.43 Å². The van der Waals surface area contributed by atoms with Gasteiger partial charge in [-0.1, -0.05) is 33.6 Å². The molecule has 3 atom stereocenters. The first-order valence-electron chi connectivity index (χ1n) is 7.63. The maximum atomic E-state index is 6.59. The van der Waals surface area contributed by atoms with Gasteiger partial charge in [0.15, 0.2) is 8.32 Å². The standard InChI is InChI=1S/C15H30OSSi/c1-15(2,3)18(4,5)16-14-11-10-12-8-6-7-9-13(12)17-14/h12-14H,6-11H2,1-5H3/t12?,13?,14-/m1/s1. The third-order valence-corrected chi connectivity index (χ3v) is 11.4. The van der Waals surface area contributed by atoms with E-state index in [0.717, 1.165) is 11.2 Å². The van der Waals surface area contributed by atoms with Gasteiger partial charge in [-0.3, -0.25) is 0 Å². The molecule has 0 N–H and O–H groups in total. The lowest BCUT2D eigenvalue weighted by Gasteiger charge is -2.44. The molecule has 2 fully saturated rings. The number of thioether (sulfide) groups is 1. The predicted octanol–water partition coefficient (Wildman–Crippen LogP) is 5.42. The Morgan fingerprint density at radius 2 is 1.67 bits per heavy atom. The van der Waals surface area contributed by atoms with Crippen molar-refractivity contribution < 1.29 is 4.43 Å². The summed E-state index contributed by atoms with van der Waals surface area (Å²) in [5, 5.41) is 1.25. The molecule has 1 nitrogen and oxygen atoms in total. The highest BCUT2D eigenvalue weighted by molar-refractivity contribution is 8.00. The van der Waals surface area contributed by atoms with Gasteiger partial charge in [-0.15, -0.1) is 11.8 Å². The zero-order valence-electron chi connectivity index (χ0n) is 12.8. The van der Waals surface area contributed by atoms with E-state index in [1.165, 1.54) is 38.5 Å². The van der Waals surface area contributed by atoms with Crippen LogP contribution in [-0.4, -0.2) is 19.0 Å². The highest BCUT2D eigenvalue weighted by Crippen LogP contribution is 2.47. The quantitative estimate of drug-likeness (QED) is 0.627. The van der Waals surface area contributed by atoms with Gasteiger partial charge in [0.25, 0.3) is 0 Å². The minimum atomic E-state index is -1.57. The molecule has 106 valence electrons. The van der Waals surface area contributed by atoms with E-state index in [0.29, 0.717) is 10.5 Å². The van der Waals surface area contributed by atoms with Crippen LogP contribution in [-0.2, 0) is 4.43 Å². The maximum Gasteiger partial charge on any atom is 0.193 e. The SMILES string of the molecule is CC(C)(C)[Si](C)(C)O[C@H]1CCC2CCCCC2S1. The Morgan fingerprint density at radius 3 is 2.33 bits per heavy atom. The van der Waals surface area contributed by atoms with Gasteiger partial charge in [-0.05, 0) is 49.7 Å². The Balaban J connectivity index is 1.91. The number of fused-ring (bicyclic) bond motifs is 1. The molecule has 3 heteroatoms. The summed E-state index contributed by atoms with van der Waals surface area (Å²) < 4.78 is 6.59. The van der Waals surface area contributed by atoms with Gasteiger partial charge in [0.2, 0.25) is 0 Å². The van der Waals surface area contributed by atoms with Crippen molar-refractivity contribution in [3.05, 3.63) is 0 Å². The molecule has 2 aliphatic rings. The summed E-state index contributed by atoms with van der Waals surface area (Å²) in [6.07, 6.45) is 8.53. The van der Waals surface area contributed by atoms with E-state index in [2.05, 4.69) is 45.6 Å². The summed E-state index contributed by atoms with van der Waals surface area (Å²) >= 11 is 2.17. The first-order valence-corrected chi connectivity index (χ1v) is 11.5. The molecule has 2 unspecified atom stereocenters. The van der Waals surface area contributed by atoms with Crippen LogP contribution in [0.15, 0.2) is 0 Å². The molecule has 1 saturated carbocycles. The lowest BCUT2D eigenvalue weighted by atomic mass is 9.85. The van der Waals surface area contributed by atoms with E-state index in [4.69, 9.17) is 4.43 Å². The van der Waals surface area contributed by atoms with E-state index in [-0.39, 0.29) is 0 Å². The van der Waals surface area contributed by atoms with Crippen LogP contribution in [0.1, 0.15) is 59.3 Å². The molecule has 0 aromatic rings. The third-order valence-electron chi connectivity index (χ3n) is 5.17. The molecular formula is C15H30OSSi. The molecule has 1 saturated heterocycles. The molecule has 0 spiro atoms. The zero-order valence-corrected chi connectivity index (χ0v) is 14.6. The fourth-order valence-corrected chi connectivity index (χ4v) is 6.42. The van der Waals surface area contributed by atoms with Crippen molar-refractivity contribution in [2.45, 2.75) is 88.1 Å². The van der Waals surface area contributed by atoms with Gasteiger partial charge in [0, 0.05) is 5.25 Å².